The Labute approximate surface area is 201 Å². The Hall–Kier alpha value is -3.82. The molecule has 1 saturated carbocycles. The van der Waals surface area contributed by atoms with Crippen LogP contribution in [-0.2, 0) is 6.54 Å². The summed E-state index contributed by atoms with van der Waals surface area (Å²) in [5, 5.41) is 11.5. The number of rotatable bonds is 9. The first-order chi connectivity index (χ1) is 16.7. The molecule has 0 unspecified atom stereocenters. The van der Waals surface area contributed by atoms with Gasteiger partial charge >= 0.3 is 0 Å². The molecule has 184 valence electrons. The van der Waals surface area contributed by atoms with Gasteiger partial charge in [-0.1, -0.05) is 18.2 Å². The average Bonchev–Trinajstić information content (AvgIpc) is 3.53. The van der Waals surface area contributed by atoms with E-state index in [1.165, 1.54) is 37.0 Å². The Kier molecular flexibility index (Phi) is 7.09. The maximum absolute atomic E-state index is 13.6. The molecule has 4 N–H and O–H groups in total. The van der Waals surface area contributed by atoms with E-state index in [4.69, 9.17) is 0 Å². The molecule has 4 rings (SSSR count). The van der Waals surface area contributed by atoms with Crippen molar-refractivity contribution in [3.05, 3.63) is 70.4 Å². The van der Waals surface area contributed by atoms with Crippen molar-refractivity contribution in [1.29, 1.82) is 0 Å². The molecular formula is C25H27F3N6O. The lowest BCUT2D eigenvalue weighted by atomic mass is 10.1. The summed E-state index contributed by atoms with van der Waals surface area (Å²) < 4.78 is 40.6. The summed E-state index contributed by atoms with van der Waals surface area (Å²) in [5.41, 5.74) is 3.75. The smallest absolute Gasteiger partial charge is 0.264 e. The van der Waals surface area contributed by atoms with Gasteiger partial charge in [-0.15, -0.1) is 0 Å². The molecule has 0 aliphatic heterocycles. The van der Waals surface area contributed by atoms with Crippen LogP contribution in [0.5, 0.6) is 0 Å². The van der Waals surface area contributed by atoms with Gasteiger partial charge in [0.1, 0.15) is 23.6 Å². The number of aryl methyl sites for hydroxylation is 2. The molecule has 1 aliphatic rings. The van der Waals surface area contributed by atoms with Gasteiger partial charge in [0.05, 0.1) is 17.3 Å². The minimum absolute atomic E-state index is 0.159. The lowest BCUT2D eigenvalue weighted by Gasteiger charge is -2.15. The van der Waals surface area contributed by atoms with Crippen molar-refractivity contribution >= 4 is 29.0 Å². The van der Waals surface area contributed by atoms with Crippen molar-refractivity contribution in [3.8, 4) is 0 Å². The van der Waals surface area contributed by atoms with Gasteiger partial charge in [0.2, 0.25) is 0 Å². The van der Waals surface area contributed by atoms with E-state index < -0.39 is 12.6 Å². The van der Waals surface area contributed by atoms with E-state index in [1.807, 2.05) is 32.0 Å². The largest absolute Gasteiger partial charge is 0.378 e. The molecule has 0 saturated heterocycles. The van der Waals surface area contributed by atoms with E-state index in [0.717, 1.165) is 11.1 Å². The molecule has 0 radical (unpaired) electrons. The average molecular weight is 485 g/mol. The lowest BCUT2D eigenvalue weighted by molar-refractivity contribution is 0.0963. The molecule has 3 aromatic rings. The lowest BCUT2D eigenvalue weighted by Crippen LogP contribution is -2.21. The highest BCUT2D eigenvalue weighted by Gasteiger charge is 2.38. The minimum Gasteiger partial charge on any atom is -0.378 e. The monoisotopic (exact) mass is 484 g/mol. The number of pyridine rings is 2. The van der Waals surface area contributed by atoms with E-state index in [9.17, 15) is 18.0 Å². The van der Waals surface area contributed by atoms with Crippen molar-refractivity contribution < 1.29 is 18.0 Å². The maximum atomic E-state index is 13.6. The van der Waals surface area contributed by atoms with Gasteiger partial charge in [0.15, 0.2) is 0 Å². The number of benzene rings is 1. The highest BCUT2D eigenvalue weighted by molar-refractivity contribution is 5.99. The molecule has 0 spiro atoms. The zero-order valence-electron chi connectivity index (χ0n) is 19.6. The summed E-state index contributed by atoms with van der Waals surface area (Å²) in [4.78, 5) is 20.8. The van der Waals surface area contributed by atoms with E-state index in [1.54, 1.807) is 0 Å². The van der Waals surface area contributed by atoms with Crippen LogP contribution >= 0.6 is 0 Å². The molecule has 35 heavy (non-hydrogen) atoms. The van der Waals surface area contributed by atoms with E-state index >= 15 is 0 Å². The molecule has 7 nitrogen and oxygen atoms in total. The predicted octanol–water partition coefficient (Wildman–Crippen LogP) is 5.27. The van der Waals surface area contributed by atoms with Crippen LogP contribution in [0.4, 0.5) is 36.3 Å². The molecular weight excluding hydrogens is 457 g/mol. The molecule has 2 atom stereocenters. The third kappa shape index (κ3) is 6.00. The van der Waals surface area contributed by atoms with Crippen molar-refractivity contribution in [2.45, 2.75) is 45.5 Å². The van der Waals surface area contributed by atoms with Crippen LogP contribution in [-0.4, -0.2) is 35.1 Å². The number of nitrogens with zero attached hydrogens (tertiary/aromatic N) is 2. The van der Waals surface area contributed by atoms with E-state index in [-0.39, 0.29) is 40.5 Å². The van der Waals surface area contributed by atoms with Gasteiger partial charge in [0, 0.05) is 37.8 Å². The highest BCUT2D eigenvalue weighted by Crippen LogP contribution is 2.32. The number of hydrogen-bond acceptors (Lipinski definition) is 6. The summed E-state index contributed by atoms with van der Waals surface area (Å²) >= 11 is 0. The standard InChI is InChI=1S/C25H27F3N6O/c1-13-4-5-15(6-14(13)2)11-30-21-7-16(24(27)28)8-23(33-21)34-22-10-19(32-20-9-18(20)26)17(12-31-22)25(35)29-3/h4-8,10,12,18,20,24H,9,11H2,1-3H3,(H,29,35)(H3,30,31,32,33,34)/t18-,20+/m0/s1. The normalized spacial score (nSPS) is 16.7. The third-order valence-electron chi connectivity index (χ3n) is 5.83. The Balaban J connectivity index is 1.56. The summed E-state index contributed by atoms with van der Waals surface area (Å²) in [6.07, 6.45) is -1.98. The fourth-order valence-electron chi connectivity index (χ4n) is 3.54. The number of carbonyl (C=O) groups is 1. The Morgan fingerprint density at radius 3 is 2.49 bits per heavy atom. The van der Waals surface area contributed by atoms with Crippen LogP contribution in [0.25, 0.3) is 0 Å². The quantitative estimate of drug-likeness (QED) is 0.331. The van der Waals surface area contributed by atoms with Gasteiger partial charge in [0.25, 0.3) is 12.3 Å². The Morgan fingerprint density at radius 1 is 1.09 bits per heavy atom. The molecule has 2 aromatic heterocycles. The second-order valence-corrected chi connectivity index (χ2v) is 8.57. The number of amides is 1. The predicted molar refractivity (Wildman–Crippen MR) is 130 cm³/mol. The molecule has 0 bridgehead atoms. The van der Waals surface area contributed by atoms with E-state index in [0.29, 0.717) is 18.7 Å². The van der Waals surface area contributed by atoms with Gasteiger partial charge in [-0.25, -0.2) is 23.1 Å². The first-order valence-corrected chi connectivity index (χ1v) is 11.2. The Morgan fingerprint density at radius 2 is 1.83 bits per heavy atom. The molecule has 1 fully saturated rings. The van der Waals surface area contributed by atoms with Crippen molar-refractivity contribution in [3.63, 3.8) is 0 Å². The molecule has 2 heterocycles. The second kappa shape index (κ2) is 10.2. The highest BCUT2D eigenvalue weighted by atomic mass is 19.3. The van der Waals surface area contributed by atoms with E-state index in [2.05, 4.69) is 31.2 Å². The maximum Gasteiger partial charge on any atom is 0.264 e. The zero-order valence-corrected chi connectivity index (χ0v) is 19.6. The van der Waals surface area contributed by atoms with Crippen LogP contribution < -0.4 is 21.3 Å². The number of halogens is 3. The van der Waals surface area contributed by atoms with Gasteiger partial charge < -0.3 is 21.3 Å². The van der Waals surface area contributed by atoms with Crippen molar-refractivity contribution in [2.24, 2.45) is 0 Å². The summed E-state index contributed by atoms with van der Waals surface area (Å²) in [6.45, 7) is 4.45. The first kappa shape index (κ1) is 24.3. The summed E-state index contributed by atoms with van der Waals surface area (Å²) in [6, 6.07) is 9.72. The molecule has 1 amide bonds. The zero-order chi connectivity index (χ0) is 25.1. The molecule has 1 aromatic carbocycles. The van der Waals surface area contributed by atoms with Crippen molar-refractivity contribution in [2.75, 3.05) is 23.0 Å². The topological polar surface area (TPSA) is 91.0 Å². The van der Waals surface area contributed by atoms with Crippen LogP contribution in [0.15, 0.2) is 42.6 Å². The second-order valence-electron chi connectivity index (χ2n) is 8.57. The fraction of sp³-hybridized carbons (Fsp3) is 0.320. The number of alkyl halides is 3. The minimum atomic E-state index is -2.70. The summed E-state index contributed by atoms with van der Waals surface area (Å²) in [7, 11) is 1.49. The number of aromatic nitrogens is 2. The van der Waals surface area contributed by atoms with Crippen molar-refractivity contribution in [1.82, 2.24) is 15.3 Å². The van der Waals surface area contributed by atoms with Gasteiger partial charge in [-0.05, 0) is 42.7 Å². The number of anilines is 4. The first-order valence-electron chi connectivity index (χ1n) is 11.2. The van der Waals surface area contributed by atoms with Gasteiger partial charge in [-0.3, -0.25) is 4.79 Å². The van der Waals surface area contributed by atoms with Gasteiger partial charge in [-0.2, -0.15) is 0 Å². The Bertz CT molecular complexity index is 1240. The van der Waals surface area contributed by atoms with Crippen LogP contribution in [0.3, 0.4) is 0 Å². The number of nitrogens with one attached hydrogen (secondary N) is 4. The third-order valence-corrected chi connectivity index (χ3v) is 5.83. The van der Waals surface area contributed by atoms with Crippen LogP contribution in [0.1, 0.15) is 45.5 Å². The summed E-state index contributed by atoms with van der Waals surface area (Å²) in [5.74, 6) is 0.335. The fourth-order valence-corrected chi connectivity index (χ4v) is 3.54. The number of hydrogen-bond donors (Lipinski definition) is 4. The van der Waals surface area contributed by atoms with Crippen LogP contribution in [0.2, 0.25) is 0 Å². The molecule has 1 aliphatic carbocycles. The number of carbonyl (C=O) groups excluding carboxylic acids is 1. The molecule has 10 heteroatoms. The SMILES string of the molecule is CNC(=O)c1cnc(Nc2cc(C(F)F)cc(NCc3ccc(C)c(C)c3)n2)cc1N[C@@H]1C[C@@H]1F. The van der Waals surface area contributed by atoms with Crippen LogP contribution in [0, 0.1) is 13.8 Å².